The van der Waals surface area contributed by atoms with Crippen molar-refractivity contribution in [3.8, 4) is 0 Å². The predicted octanol–water partition coefficient (Wildman–Crippen LogP) is 3.14. The summed E-state index contributed by atoms with van der Waals surface area (Å²) in [5.41, 5.74) is -0.979. The molecular weight excluding hydrogens is 479 g/mol. The van der Waals surface area contributed by atoms with E-state index >= 15 is 4.39 Å². The van der Waals surface area contributed by atoms with Gasteiger partial charge in [0.2, 0.25) is 5.91 Å². The van der Waals surface area contributed by atoms with Gasteiger partial charge in [0.1, 0.15) is 17.9 Å². The number of rotatable bonds is 5. The molecule has 1 aromatic carbocycles. The predicted molar refractivity (Wildman–Crippen MR) is 136 cm³/mol. The highest BCUT2D eigenvalue weighted by molar-refractivity contribution is 5.82. The highest BCUT2D eigenvalue weighted by atomic mass is 19.1. The van der Waals surface area contributed by atoms with E-state index in [1.807, 2.05) is 51.1 Å². The van der Waals surface area contributed by atoms with Crippen molar-refractivity contribution in [2.75, 3.05) is 58.9 Å². The minimum Gasteiger partial charge on any atom is -0.445 e. The largest absolute Gasteiger partial charge is 0.445 e. The van der Waals surface area contributed by atoms with Gasteiger partial charge in [-0.3, -0.25) is 9.69 Å². The Hall–Kier alpha value is -2.88. The lowest BCUT2D eigenvalue weighted by molar-refractivity contribution is -0.143. The van der Waals surface area contributed by atoms with Gasteiger partial charge in [0.15, 0.2) is 0 Å². The average molecular weight is 519 g/mol. The number of hydrogen-bond acceptors (Lipinski definition) is 6. The second-order valence-corrected chi connectivity index (χ2v) is 11.4. The topological polar surface area (TPSA) is 82.6 Å². The Labute approximate surface area is 218 Å². The smallest absolute Gasteiger partial charge is 0.410 e. The third-order valence-corrected chi connectivity index (χ3v) is 7.20. The molecule has 3 aliphatic heterocycles. The SMILES string of the molecule is CC(C)(C)OC(=O)N1CC(C(=O)N2CCC(F)(CN3CCN(C(=O)OCc4ccccc4)CC3)CC2)C1. The maximum Gasteiger partial charge on any atom is 0.410 e. The Morgan fingerprint density at radius 3 is 2.11 bits per heavy atom. The summed E-state index contributed by atoms with van der Waals surface area (Å²) in [6.07, 6.45) is -0.157. The van der Waals surface area contributed by atoms with Gasteiger partial charge in [-0.15, -0.1) is 0 Å². The summed E-state index contributed by atoms with van der Waals surface area (Å²) in [7, 11) is 0. The first-order valence-corrected chi connectivity index (χ1v) is 13.1. The summed E-state index contributed by atoms with van der Waals surface area (Å²) < 4.78 is 26.4. The minimum atomic E-state index is -1.35. The molecule has 0 saturated carbocycles. The summed E-state index contributed by atoms with van der Waals surface area (Å²) >= 11 is 0. The highest BCUT2D eigenvalue weighted by Gasteiger charge is 2.43. The van der Waals surface area contributed by atoms with Gasteiger partial charge in [0.25, 0.3) is 0 Å². The molecule has 0 atom stereocenters. The molecule has 3 amide bonds. The average Bonchev–Trinajstić information content (AvgIpc) is 2.82. The van der Waals surface area contributed by atoms with Gasteiger partial charge in [-0.25, -0.2) is 14.0 Å². The van der Waals surface area contributed by atoms with E-state index in [1.54, 1.807) is 9.80 Å². The molecule has 3 aliphatic rings. The molecule has 37 heavy (non-hydrogen) atoms. The van der Waals surface area contributed by atoms with Crippen molar-refractivity contribution in [2.24, 2.45) is 5.92 Å². The standard InChI is InChI=1S/C27H39FN4O5/c1-26(2,3)37-25(35)32-17-22(18-32)23(33)30-11-9-27(28,10-12-30)20-29-13-15-31(16-14-29)24(34)36-19-21-7-5-4-6-8-21/h4-8,22H,9-20H2,1-3H3. The van der Waals surface area contributed by atoms with Gasteiger partial charge in [-0.05, 0) is 26.3 Å². The van der Waals surface area contributed by atoms with Crippen molar-refractivity contribution >= 4 is 18.1 Å². The molecule has 10 heteroatoms. The number of amides is 3. The first-order valence-electron chi connectivity index (χ1n) is 13.1. The number of benzene rings is 1. The van der Waals surface area contributed by atoms with Crippen LogP contribution < -0.4 is 0 Å². The van der Waals surface area contributed by atoms with E-state index in [1.165, 1.54) is 4.90 Å². The number of alkyl halides is 1. The molecule has 3 heterocycles. The molecule has 0 spiro atoms. The Morgan fingerprint density at radius 2 is 1.51 bits per heavy atom. The van der Waals surface area contributed by atoms with Crippen LogP contribution in [0.5, 0.6) is 0 Å². The van der Waals surface area contributed by atoms with Crippen LogP contribution in [0, 0.1) is 5.92 Å². The van der Waals surface area contributed by atoms with Crippen molar-refractivity contribution in [1.82, 2.24) is 19.6 Å². The molecule has 4 rings (SSSR count). The lowest BCUT2D eigenvalue weighted by atomic mass is 9.90. The fourth-order valence-electron chi connectivity index (χ4n) is 4.95. The Bertz CT molecular complexity index is 947. The molecule has 0 aliphatic carbocycles. The van der Waals surface area contributed by atoms with Crippen LogP contribution in [0.2, 0.25) is 0 Å². The van der Waals surface area contributed by atoms with Crippen molar-refractivity contribution in [3.63, 3.8) is 0 Å². The first-order chi connectivity index (χ1) is 17.5. The molecule has 3 fully saturated rings. The number of carbonyl (C=O) groups is 3. The van der Waals surface area contributed by atoms with Gasteiger partial charge >= 0.3 is 12.2 Å². The zero-order valence-corrected chi connectivity index (χ0v) is 22.2. The molecule has 204 valence electrons. The van der Waals surface area contributed by atoms with Crippen molar-refractivity contribution in [2.45, 2.75) is 51.5 Å². The van der Waals surface area contributed by atoms with Crippen LogP contribution in [-0.4, -0.2) is 108 Å². The Kier molecular flexibility index (Phi) is 8.26. The van der Waals surface area contributed by atoms with Gasteiger partial charge in [-0.2, -0.15) is 0 Å². The van der Waals surface area contributed by atoms with Crippen LogP contribution in [0.4, 0.5) is 14.0 Å². The van der Waals surface area contributed by atoms with Crippen LogP contribution in [0.15, 0.2) is 30.3 Å². The number of piperidine rings is 1. The second-order valence-electron chi connectivity index (χ2n) is 11.4. The minimum absolute atomic E-state index is 0.00973. The lowest BCUT2D eigenvalue weighted by Gasteiger charge is -2.44. The van der Waals surface area contributed by atoms with Crippen LogP contribution in [0.25, 0.3) is 0 Å². The fraction of sp³-hybridized carbons (Fsp3) is 0.667. The number of halogens is 1. The van der Waals surface area contributed by atoms with Crippen LogP contribution in [0.1, 0.15) is 39.2 Å². The quantitative estimate of drug-likeness (QED) is 0.596. The van der Waals surface area contributed by atoms with Crippen LogP contribution in [-0.2, 0) is 20.9 Å². The fourth-order valence-corrected chi connectivity index (χ4v) is 4.95. The second kappa shape index (κ2) is 11.2. The third kappa shape index (κ3) is 7.34. The van der Waals surface area contributed by atoms with Gasteiger partial charge < -0.3 is 24.2 Å². The Balaban J connectivity index is 1.14. The summed E-state index contributed by atoms with van der Waals surface area (Å²) in [4.78, 5) is 44.3. The number of ether oxygens (including phenoxy) is 2. The normalized spacial score (nSPS) is 20.8. The van der Waals surface area contributed by atoms with E-state index in [0.717, 1.165) is 5.56 Å². The Morgan fingerprint density at radius 1 is 0.892 bits per heavy atom. The lowest BCUT2D eigenvalue weighted by Crippen LogP contribution is -2.59. The maximum atomic E-state index is 15.6. The summed E-state index contributed by atoms with van der Waals surface area (Å²) in [6, 6.07) is 9.55. The monoisotopic (exact) mass is 518 g/mol. The van der Waals surface area contributed by atoms with Gasteiger partial charge in [0.05, 0.1) is 5.92 Å². The molecule has 0 N–H and O–H groups in total. The van der Waals surface area contributed by atoms with Crippen LogP contribution in [0.3, 0.4) is 0 Å². The molecule has 0 radical (unpaired) electrons. The van der Waals surface area contributed by atoms with E-state index in [2.05, 4.69) is 4.90 Å². The third-order valence-electron chi connectivity index (χ3n) is 7.20. The molecular formula is C27H39FN4O5. The van der Waals surface area contributed by atoms with E-state index in [-0.39, 0.29) is 24.5 Å². The zero-order valence-electron chi connectivity index (χ0n) is 22.2. The first kappa shape index (κ1) is 27.2. The highest BCUT2D eigenvalue weighted by Crippen LogP contribution is 2.30. The molecule has 1 aromatic rings. The number of likely N-dealkylation sites (tertiary alicyclic amines) is 2. The molecule has 9 nitrogen and oxygen atoms in total. The zero-order chi connectivity index (χ0) is 26.6. The van der Waals surface area contributed by atoms with Gasteiger partial charge in [-0.1, -0.05) is 30.3 Å². The summed E-state index contributed by atoms with van der Waals surface area (Å²) in [6.45, 7) is 9.63. The number of nitrogens with zero attached hydrogens (tertiary/aromatic N) is 4. The number of hydrogen-bond donors (Lipinski definition) is 0. The van der Waals surface area contributed by atoms with E-state index in [0.29, 0.717) is 71.7 Å². The van der Waals surface area contributed by atoms with Crippen molar-refractivity contribution < 1.29 is 28.2 Å². The summed E-state index contributed by atoms with van der Waals surface area (Å²) in [5, 5.41) is 0. The number of piperazine rings is 1. The van der Waals surface area contributed by atoms with Crippen molar-refractivity contribution in [3.05, 3.63) is 35.9 Å². The van der Waals surface area contributed by atoms with Crippen molar-refractivity contribution in [1.29, 1.82) is 0 Å². The van der Waals surface area contributed by atoms with Gasteiger partial charge in [0, 0.05) is 71.7 Å². The summed E-state index contributed by atoms with van der Waals surface area (Å²) in [5.74, 6) is -0.251. The van der Waals surface area contributed by atoms with E-state index < -0.39 is 17.4 Å². The molecule has 0 bridgehead atoms. The van der Waals surface area contributed by atoms with E-state index in [4.69, 9.17) is 9.47 Å². The number of carbonyl (C=O) groups excluding carboxylic acids is 3. The maximum absolute atomic E-state index is 15.6. The molecule has 3 saturated heterocycles. The molecule has 0 unspecified atom stereocenters. The van der Waals surface area contributed by atoms with Crippen LogP contribution >= 0.6 is 0 Å². The van der Waals surface area contributed by atoms with E-state index in [9.17, 15) is 14.4 Å². The molecule has 0 aromatic heterocycles.